The lowest BCUT2D eigenvalue weighted by Crippen LogP contribution is -2.12. The van der Waals surface area contributed by atoms with E-state index in [1.165, 1.54) is 17.7 Å². The Morgan fingerprint density at radius 2 is 2.29 bits per heavy atom. The van der Waals surface area contributed by atoms with Crippen LogP contribution in [0.2, 0.25) is 0 Å². The molecule has 0 aliphatic heterocycles. The van der Waals surface area contributed by atoms with E-state index in [4.69, 9.17) is 0 Å². The fourth-order valence-electron chi connectivity index (χ4n) is 2.05. The number of rotatable bonds is 5. The van der Waals surface area contributed by atoms with Gasteiger partial charge in [0.25, 0.3) is 0 Å². The summed E-state index contributed by atoms with van der Waals surface area (Å²) in [6.07, 6.45) is 2.60. The lowest BCUT2D eigenvalue weighted by atomic mass is 10.2. The van der Waals surface area contributed by atoms with Crippen molar-refractivity contribution in [3.8, 4) is 11.4 Å². The van der Waals surface area contributed by atoms with Gasteiger partial charge >= 0.3 is 11.7 Å². The van der Waals surface area contributed by atoms with Crippen molar-refractivity contribution < 1.29 is 13.9 Å². The Morgan fingerprint density at radius 1 is 1.46 bits per heavy atom. The second kappa shape index (κ2) is 6.44. The number of carbonyl (C=O) groups is 1. The van der Waals surface area contributed by atoms with Crippen molar-refractivity contribution in [1.82, 2.24) is 24.6 Å². The van der Waals surface area contributed by atoms with Crippen LogP contribution in [-0.2, 0) is 9.53 Å². The predicted octanol–water partition coefficient (Wildman–Crippen LogP) is 0.594. The summed E-state index contributed by atoms with van der Waals surface area (Å²) in [5.41, 5.74) is 0.565. The molecule has 0 saturated heterocycles. The SMILES string of the molecule is COC(=O)CCNc1nc(-c2ccc3n[nH]c(=O)n3c2)ncc1F. The fourth-order valence-corrected chi connectivity index (χ4v) is 2.05. The van der Waals surface area contributed by atoms with Crippen LogP contribution in [0.5, 0.6) is 0 Å². The molecule has 0 aliphatic rings. The molecule has 124 valence electrons. The molecule has 3 aromatic rings. The van der Waals surface area contributed by atoms with Crippen molar-refractivity contribution in [3.63, 3.8) is 0 Å². The summed E-state index contributed by atoms with van der Waals surface area (Å²) in [6, 6.07) is 3.28. The van der Waals surface area contributed by atoms with Crippen LogP contribution >= 0.6 is 0 Å². The fraction of sp³-hybridized carbons (Fsp3) is 0.214. The van der Waals surface area contributed by atoms with E-state index < -0.39 is 17.5 Å². The van der Waals surface area contributed by atoms with E-state index in [2.05, 4.69) is 30.2 Å². The normalized spacial score (nSPS) is 10.8. The highest BCUT2D eigenvalue weighted by molar-refractivity contribution is 5.69. The quantitative estimate of drug-likeness (QED) is 0.657. The van der Waals surface area contributed by atoms with Gasteiger partial charge in [-0.05, 0) is 12.1 Å². The molecule has 10 heteroatoms. The van der Waals surface area contributed by atoms with Gasteiger partial charge in [-0.1, -0.05) is 0 Å². The minimum Gasteiger partial charge on any atom is -0.469 e. The molecule has 0 spiro atoms. The number of fused-ring (bicyclic) bond motifs is 1. The van der Waals surface area contributed by atoms with Crippen LogP contribution < -0.4 is 11.0 Å². The lowest BCUT2D eigenvalue weighted by molar-refractivity contribution is -0.140. The Morgan fingerprint density at radius 3 is 3.08 bits per heavy atom. The van der Waals surface area contributed by atoms with Gasteiger partial charge in [-0.3, -0.25) is 4.79 Å². The summed E-state index contributed by atoms with van der Waals surface area (Å²) >= 11 is 0. The number of anilines is 1. The molecule has 24 heavy (non-hydrogen) atoms. The van der Waals surface area contributed by atoms with Crippen LogP contribution in [-0.4, -0.2) is 44.2 Å². The van der Waals surface area contributed by atoms with Crippen molar-refractivity contribution in [2.24, 2.45) is 0 Å². The number of nitrogens with zero attached hydrogens (tertiary/aromatic N) is 4. The van der Waals surface area contributed by atoms with Gasteiger partial charge < -0.3 is 10.1 Å². The van der Waals surface area contributed by atoms with Crippen LogP contribution in [0.1, 0.15) is 6.42 Å². The average Bonchev–Trinajstić information content (AvgIpc) is 2.97. The number of carbonyl (C=O) groups excluding carboxylic acids is 1. The number of methoxy groups -OCH3 is 1. The zero-order valence-corrected chi connectivity index (χ0v) is 12.6. The van der Waals surface area contributed by atoms with Gasteiger partial charge in [0.15, 0.2) is 23.1 Å². The minimum absolute atomic E-state index is 0.0384. The smallest absolute Gasteiger partial charge is 0.347 e. The van der Waals surface area contributed by atoms with E-state index in [-0.39, 0.29) is 24.6 Å². The summed E-state index contributed by atoms with van der Waals surface area (Å²) in [4.78, 5) is 30.7. The number of pyridine rings is 1. The minimum atomic E-state index is -0.648. The van der Waals surface area contributed by atoms with Crippen LogP contribution in [0.4, 0.5) is 10.2 Å². The number of aromatic amines is 1. The Labute approximate surface area is 134 Å². The highest BCUT2D eigenvalue weighted by Gasteiger charge is 2.11. The maximum atomic E-state index is 13.8. The molecule has 0 atom stereocenters. The molecule has 0 fully saturated rings. The molecule has 3 aromatic heterocycles. The molecule has 9 nitrogen and oxygen atoms in total. The molecule has 2 N–H and O–H groups in total. The number of halogens is 1. The van der Waals surface area contributed by atoms with Gasteiger partial charge in [-0.2, -0.15) is 5.10 Å². The first-order valence-electron chi connectivity index (χ1n) is 6.99. The molecular formula is C14H13FN6O3. The standard InChI is InChI=1S/C14H13FN6O3/c1-24-11(22)4-5-16-13-9(15)6-17-12(18-13)8-2-3-10-19-20-14(23)21(10)7-8/h2-3,6-7H,4-5H2,1H3,(H,20,23)(H,16,17,18). The summed E-state index contributed by atoms with van der Waals surface area (Å²) in [5, 5.41) is 8.86. The maximum absolute atomic E-state index is 13.8. The molecule has 0 amide bonds. The molecular weight excluding hydrogens is 319 g/mol. The Hall–Kier alpha value is -3.30. The third-order valence-corrected chi connectivity index (χ3v) is 3.26. The topological polar surface area (TPSA) is 114 Å². The number of hydrogen-bond acceptors (Lipinski definition) is 7. The first-order chi connectivity index (χ1) is 11.6. The van der Waals surface area contributed by atoms with Crippen LogP contribution in [0.3, 0.4) is 0 Å². The molecule has 3 rings (SSSR count). The van der Waals surface area contributed by atoms with E-state index in [1.54, 1.807) is 12.1 Å². The molecule has 0 bridgehead atoms. The summed E-state index contributed by atoms with van der Waals surface area (Å²) in [7, 11) is 1.28. The monoisotopic (exact) mass is 332 g/mol. The summed E-state index contributed by atoms with van der Waals surface area (Å²) in [5.74, 6) is -0.873. The Balaban J connectivity index is 1.87. The average molecular weight is 332 g/mol. The van der Waals surface area contributed by atoms with Crippen molar-refractivity contribution in [1.29, 1.82) is 0 Å². The third-order valence-electron chi connectivity index (χ3n) is 3.26. The van der Waals surface area contributed by atoms with Crippen LogP contribution in [0, 0.1) is 5.82 Å². The molecule has 0 saturated carbocycles. The molecule has 0 aromatic carbocycles. The number of nitrogens with one attached hydrogen (secondary N) is 2. The molecule has 0 radical (unpaired) electrons. The molecule has 3 heterocycles. The Bertz CT molecular complexity index is 951. The molecule has 0 aliphatic carbocycles. The van der Waals surface area contributed by atoms with E-state index >= 15 is 0 Å². The van der Waals surface area contributed by atoms with Crippen molar-refractivity contribution in [2.45, 2.75) is 6.42 Å². The zero-order valence-electron chi connectivity index (χ0n) is 12.6. The first kappa shape index (κ1) is 15.6. The second-order valence-electron chi connectivity index (χ2n) is 4.82. The van der Waals surface area contributed by atoms with E-state index in [0.29, 0.717) is 11.2 Å². The van der Waals surface area contributed by atoms with E-state index in [1.807, 2.05) is 0 Å². The van der Waals surface area contributed by atoms with Crippen LogP contribution in [0.15, 0.2) is 29.3 Å². The van der Waals surface area contributed by atoms with Crippen LogP contribution in [0.25, 0.3) is 17.0 Å². The third kappa shape index (κ3) is 3.07. The van der Waals surface area contributed by atoms with E-state index in [0.717, 1.165) is 6.20 Å². The number of esters is 1. The Kier molecular flexibility index (Phi) is 4.18. The first-order valence-corrected chi connectivity index (χ1v) is 6.99. The zero-order chi connectivity index (χ0) is 17.1. The van der Waals surface area contributed by atoms with Gasteiger partial charge in [0, 0.05) is 18.3 Å². The number of H-pyrrole nitrogens is 1. The number of aromatic nitrogens is 5. The number of hydrogen-bond donors (Lipinski definition) is 2. The summed E-state index contributed by atoms with van der Waals surface area (Å²) in [6.45, 7) is 0.167. The largest absolute Gasteiger partial charge is 0.469 e. The predicted molar refractivity (Wildman–Crippen MR) is 81.9 cm³/mol. The van der Waals surface area contributed by atoms with Gasteiger partial charge in [0.1, 0.15) is 0 Å². The van der Waals surface area contributed by atoms with E-state index in [9.17, 15) is 14.0 Å². The maximum Gasteiger partial charge on any atom is 0.347 e. The highest BCUT2D eigenvalue weighted by atomic mass is 19.1. The van der Waals surface area contributed by atoms with Crippen molar-refractivity contribution in [3.05, 3.63) is 40.8 Å². The van der Waals surface area contributed by atoms with Gasteiger partial charge in [-0.15, -0.1) is 0 Å². The van der Waals surface area contributed by atoms with Gasteiger partial charge in [0.2, 0.25) is 0 Å². The van der Waals surface area contributed by atoms with Gasteiger partial charge in [0.05, 0.1) is 19.7 Å². The summed E-state index contributed by atoms with van der Waals surface area (Å²) < 4.78 is 19.6. The number of ether oxygens (including phenoxy) is 1. The second-order valence-corrected chi connectivity index (χ2v) is 4.82. The van der Waals surface area contributed by atoms with Crippen molar-refractivity contribution in [2.75, 3.05) is 19.0 Å². The lowest BCUT2D eigenvalue weighted by Gasteiger charge is -2.08. The highest BCUT2D eigenvalue weighted by Crippen LogP contribution is 2.18. The molecule has 0 unspecified atom stereocenters. The van der Waals surface area contributed by atoms with Crippen molar-refractivity contribution >= 4 is 17.4 Å². The van der Waals surface area contributed by atoms with Gasteiger partial charge in [-0.25, -0.2) is 28.7 Å².